The number of aromatic nitrogens is 1. The number of anilines is 1. The second kappa shape index (κ2) is 8.93. The molecule has 1 atom stereocenters. The van der Waals surface area contributed by atoms with Crippen molar-refractivity contribution in [3.05, 3.63) is 23.9 Å². The van der Waals surface area contributed by atoms with E-state index in [1.54, 1.807) is 0 Å². The van der Waals surface area contributed by atoms with Crippen LogP contribution in [-0.2, 0) is 0 Å². The maximum absolute atomic E-state index is 5.86. The van der Waals surface area contributed by atoms with E-state index in [0.29, 0.717) is 0 Å². The molecule has 2 N–H and O–H groups in total. The molecule has 0 aliphatic carbocycles. The zero-order chi connectivity index (χ0) is 15.0. The molecule has 0 radical (unpaired) electrons. The van der Waals surface area contributed by atoms with E-state index in [1.165, 1.54) is 6.42 Å². The second-order valence-electron chi connectivity index (χ2n) is 5.20. The molecule has 0 fully saturated rings. The third kappa shape index (κ3) is 5.10. The lowest BCUT2D eigenvalue weighted by Gasteiger charge is -2.24. The normalized spacial score (nSPS) is 12.7. The van der Waals surface area contributed by atoms with Gasteiger partial charge < -0.3 is 15.5 Å². The Kier molecular flexibility index (Phi) is 7.55. The van der Waals surface area contributed by atoms with Gasteiger partial charge >= 0.3 is 0 Å². The predicted octanol–water partition coefficient (Wildman–Crippen LogP) is 2.66. The third-order valence-electron chi connectivity index (χ3n) is 3.80. The topological polar surface area (TPSA) is 45.4 Å². The van der Waals surface area contributed by atoms with E-state index in [9.17, 15) is 0 Å². The van der Waals surface area contributed by atoms with Crippen LogP contribution in [0, 0.1) is 0 Å². The zero-order valence-electron chi connectivity index (χ0n) is 13.5. The van der Waals surface area contributed by atoms with E-state index in [0.717, 1.165) is 44.1 Å². The van der Waals surface area contributed by atoms with Gasteiger partial charge in [0.25, 0.3) is 0 Å². The fourth-order valence-corrected chi connectivity index (χ4v) is 2.31. The summed E-state index contributed by atoms with van der Waals surface area (Å²) >= 11 is 0. The van der Waals surface area contributed by atoms with Crippen LogP contribution in [0.1, 0.15) is 45.7 Å². The highest BCUT2D eigenvalue weighted by molar-refractivity contribution is 5.39. The first-order chi connectivity index (χ1) is 9.62. The smallest absolute Gasteiger partial charge is 0.128 e. The van der Waals surface area contributed by atoms with Crippen molar-refractivity contribution in [1.29, 1.82) is 0 Å². The van der Waals surface area contributed by atoms with Crippen molar-refractivity contribution in [3.63, 3.8) is 0 Å². The van der Waals surface area contributed by atoms with Gasteiger partial charge in [-0.15, -0.1) is 0 Å². The van der Waals surface area contributed by atoms with Crippen molar-refractivity contribution in [2.45, 2.75) is 40.2 Å². The molecule has 1 aromatic heterocycles. The Hall–Kier alpha value is -1.13. The van der Waals surface area contributed by atoms with Gasteiger partial charge in [-0.05, 0) is 51.5 Å². The van der Waals surface area contributed by atoms with Crippen LogP contribution in [0.4, 0.5) is 5.82 Å². The van der Waals surface area contributed by atoms with Crippen LogP contribution < -0.4 is 10.6 Å². The molecule has 114 valence electrons. The fourth-order valence-electron chi connectivity index (χ4n) is 2.31. The number of nitrogens with two attached hydrogens (primary N) is 1. The molecule has 20 heavy (non-hydrogen) atoms. The number of rotatable bonds is 9. The van der Waals surface area contributed by atoms with Crippen molar-refractivity contribution >= 4 is 5.82 Å². The van der Waals surface area contributed by atoms with Crippen molar-refractivity contribution in [1.82, 2.24) is 9.88 Å². The average Bonchev–Trinajstić information content (AvgIpc) is 2.48. The summed E-state index contributed by atoms with van der Waals surface area (Å²) in [7, 11) is 0. The molecule has 4 heteroatoms. The molecule has 1 unspecified atom stereocenters. The van der Waals surface area contributed by atoms with Gasteiger partial charge in [-0.25, -0.2) is 4.98 Å². The van der Waals surface area contributed by atoms with E-state index in [-0.39, 0.29) is 6.04 Å². The summed E-state index contributed by atoms with van der Waals surface area (Å²) in [6.07, 6.45) is 3.07. The second-order valence-corrected chi connectivity index (χ2v) is 5.20. The van der Waals surface area contributed by atoms with E-state index in [1.807, 2.05) is 13.1 Å². The highest BCUT2D eigenvalue weighted by Gasteiger charge is 2.07. The quantitative estimate of drug-likeness (QED) is 0.754. The first kappa shape index (κ1) is 16.9. The fraction of sp³-hybridized carbons (Fsp3) is 0.688. The molecule has 0 aliphatic heterocycles. The molecule has 0 bridgehead atoms. The lowest BCUT2D eigenvalue weighted by molar-refractivity contribution is 0.300. The van der Waals surface area contributed by atoms with Crippen LogP contribution in [0.5, 0.6) is 0 Å². The van der Waals surface area contributed by atoms with Crippen LogP contribution in [0.2, 0.25) is 0 Å². The molecule has 0 saturated carbocycles. The summed E-state index contributed by atoms with van der Waals surface area (Å²) in [4.78, 5) is 9.33. The van der Waals surface area contributed by atoms with Gasteiger partial charge in [-0.1, -0.05) is 19.9 Å². The van der Waals surface area contributed by atoms with Gasteiger partial charge in [0.15, 0.2) is 0 Å². The largest absolute Gasteiger partial charge is 0.357 e. The minimum absolute atomic E-state index is 0.0503. The lowest BCUT2D eigenvalue weighted by Crippen LogP contribution is -2.30. The van der Waals surface area contributed by atoms with Gasteiger partial charge in [-0.3, -0.25) is 0 Å². The van der Waals surface area contributed by atoms with Gasteiger partial charge in [0.2, 0.25) is 0 Å². The summed E-state index contributed by atoms with van der Waals surface area (Å²) < 4.78 is 0. The van der Waals surface area contributed by atoms with Crippen LogP contribution in [-0.4, -0.2) is 42.6 Å². The van der Waals surface area contributed by atoms with Gasteiger partial charge in [0.05, 0.1) is 0 Å². The van der Waals surface area contributed by atoms with Crippen LogP contribution in [0.25, 0.3) is 0 Å². The number of hydrogen-bond donors (Lipinski definition) is 1. The molecule has 1 rings (SSSR count). The van der Waals surface area contributed by atoms with E-state index in [4.69, 9.17) is 5.73 Å². The molecule has 1 heterocycles. The van der Waals surface area contributed by atoms with E-state index in [2.05, 4.69) is 47.7 Å². The Morgan fingerprint density at radius 2 is 1.80 bits per heavy atom. The molecular weight excluding hydrogens is 248 g/mol. The van der Waals surface area contributed by atoms with Gasteiger partial charge in [-0.2, -0.15) is 0 Å². The Labute approximate surface area is 124 Å². The Morgan fingerprint density at radius 3 is 2.25 bits per heavy atom. The summed E-state index contributed by atoms with van der Waals surface area (Å²) in [5, 5.41) is 0. The Balaban J connectivity index is 2.53. The number of pyridine rings is 1. The zero-order valence-corrected chi connectivity index (χ0v) is 13.5. The molecular formula is C16H30N4. The first-order valence-corrected chi connectivity index (χ1v) is 7.81. The summed E-state index contributed by atoms with van der Waals surface area (Å²) in [5.41, 5.74) is 6.95. The van der Waals surface area contributed by atoms with Gasteiger partial charge in [0.1, 0.15) is 5.82 Å². The summed E-state index contributed by atoms with van der Waals surface area (Å²) in [6.45, 7) is 14.1. The Bertz CT molecular complexity index is 357. The average molecular weight is 278 g/mol. The van der Waals surface area contributed by atoms with Crippen LogP contribution in [0.15, 0.2) is 18.3 Å². The highest BCUT2D eigenvalue weighted by atomic mass is 15.2. The molecule has 0 saturated heterocycles. The summed E-state index contributed by atoms with van der Waals surface area (Å²) in [5.74, 6) is 1.05. The van der Waals surface area contributed by atoms with E-state index < -0.39 is 0 Å². The molecule has 0 spiro atoms. The molecule has 0 aliphatic rings. The third-order valence-corrected chi connectivity index (χ3v) is 3.80. The Morgan fingerprint density at radius 1 is 1.10 bits per heavy atom. The van der Waals surface area contributed by atoms with Crippen LogP contribution >= 0.6 is 0 Å². The van der Waals surface area contributed by atoms with Crippen molar-refractivity contribution in [2.75, 3.05) is 37.6 Å². The van der Waals surface area contributed by atoms with E-state index >= 15 is 0 Å². The predicted molar refractivity (Wildman–Crippen MR) is 87.1 cm³/mol. The SMILES string of the molecule is CCN(CC)CCCN(CC)c1ccc(C(C)N)cn1. The maximum atomic E-state index is 5.86. The standard InChI is InChI=1S/C16H30N4/c1-5-19(6-2)11-8-12-20(7-3)16-10-9-15(13-18-16)14(4)17/h9-10,13-14H,5-8,11-12,17H2,1-4H3. The highest BCUT2D eigenvalue weighted by Crippen LogP contribution is 2.14. The van der Waals surface area contributed by atoms with Crippen molar-refractivity contribution < 1.29 is 0 Å². The minimum atomic E-state index is 0.0503. The molecule has 0 aromatic carbocycles. The number of hydrogen-bond acceptors (Lipinski definition) is 4. The van der Waals surface area contributed by atoms with Crippen LogP contribution in [0.3, 0.4) is 0 Å². The van der Waals surface area contributed by atoms with Crippen molar-refractivity contribution in [2.24, 2.45) is 5.73 Å². The van der Waals surface area contributed by atoms with Gasteiger partial charge in [0, 0.05) is 25.3 Å². The summed E-state index contributed by atoms with van der Waals surface area (Å²) in [6, 6.07) is 4.22. The number of nitrogens with zero attached hydrogens (tertiary/aromatic N) is 3. The molecule has 4 nitrogen and oxygen atoms in total. The first-order valence-electron chi connectivity index (χ1n) is 7.81. The minimum Gasteiger partial charge on any atom is -0.357 e. The lowest BCUT2D eigenvalue weighted by atomic mass is 10.1. The van der Waals surface area contributed by atoms with Crippen molar-refractivity contribution in [3.8, 4) is 0 Å². The maximum Gasteiger partial charge on any atom is 0.128 e. The monoisotopic (exact) mass is 278 g/mol. The molecule has 1 aromatic rings. The molecule has 0 amide bonds.